The number of anilines is 2. The van der Waals surface area contributed by atoms with Crippen LogP contribution in [0, 0.1) is 0 Å². The van der Waals surface area contributed by atoms with Crippen molar-refractivity contribution >= 4 is 17.4 Å². The molecule has 0 aliphatic carbocycles. The summed E-state index contributed by atoms with van der Waals surface area (Å²) in [6, 6.07) is 4.57. The Morgan fingerprint density at radius 1 is 1.61 bits per heavy atom. The van der Waals surface area contributed by atoms with Crippen LogP contribution in [-0.2, 0) is 0 Å². The number of benzene rings is 1. The summed E-state index contributed by atoms with van der Waals surface area (Å²) in [5, 5.41) is 6.68. The van der Waals surface area contributed by atoms with Crippen molar-refractivity contribution in [3.05, 3.63) is 18.2 Å². The van der Waals surface area contributed by atoms with E-state index in [2.05, 4.69) is 10.6 Å². The molecule has 1 aromatic rings. The Bertz CT molecular complexity index is 466. The first-order valence-electron chi connectivity index (χ1n) is 5.40. The molecule has 0 aromatic heterocycles. The smallest absolute Gasteiger partial charge is 0.331 e. The van der Waals surface area contributed by atoms with Crippen LogP contribution in [-0.4, -0.2) is 23.6 Å². The van der Waals surface area contributed by atoms with E-state index >= 15 is 0 Å². The van der Waals surface area contributed by atoms with Crippen molar-refractivity contribution in [1.29, 1.82) is 0 Å². The molecule has 0 saturated heterocycles. The van der Waals surface area contributed by atoms with Gasteiger partial charge in [-0.2, -0.15) is 0 Å². The Labute approximate surface area is 104 Å². The number of fused-ring (bicyclic) bond motifs is 1. The van der Waals surface area contributed by atoms with Crippen LogP contribution in [0.4, 0.5) is 16.2 Å². The van der Waals surface area contributed by atoms with Crippen molar-refractivity contribution in [2.75, 3.05) is 10.6 Å². The summed E-state index contributed by atoms with van der Waals surface area (Å²) in [5.74, 6) is 6.14. The predicted octanol–water partition coefficient (Wildman–Crippen LogP) is -0.254. The quantitative estimate of drug-likeness (QED) is 0.218. The van der Waals surface area contributed by atoms with E-state index in [1.165, 1.54) is 0 Å². The number of rotatable bonds is 3. The highest BCUT2D eigenvalue weighted by Crippen LogP contribution is 2.33. The second-order valence-electron chi connectivity index (χ2n) is 3.95. The summed E-state index contributed by atoms with van der Waals surface area (Å²) in [6.45, 7) is 1.90. The molecule has 8 nitrogen and oxygen atoms in total. The standard InChI is InChI=1S/C10H16N6O2/c1-5-14-7-4-6(2-3-8(7)18-5)15-9(11)16(13)10(12)17/h2-5,9,14-15H,11,13H2,1H3,(H2,12,17). The van der Waals surface area contributed by atoms with Crippen molar-refractivity contribution in [3.8, 4) is 5.75 Å². The number of urea groups is 1. The minimum Gasteiger partial charge on any atom is -0.469 e. The summed E-state index contributed by atoms with van der Waals surface area (Å²) in [6.07, 6.45) is -0.971. The molecule has 8 N–H and O–H groups in total. The highest BCUT2D eigenvalue weighted by atomic mass is 16.5. The number of hydrogen-bond donors (Lipinski definition) is 5. The molecule has 0 radical (unpaired) electrons. The molecular weight excluding hydrogens is 236 g/mol. The molecule has 2 amide bonds. The van der Waals surface area contributed by atoms with Crippen molar-refractivity contribution in [2.45, 2.75) is 19.4 Å². The minimum atomic E-state index is -0.903. The number of hydrogen-bond acceptors (Lipinski definition) is 6. The number of primary amides is 1. The molecule has 18 heavy (non-hydrogen) atoms. The number of nitrogens with two attached hydrogens (primary N) is 3. The normalized spacial score (nSPS) is 18.3. The third kappa shape index (κ3) is 2.39. The van der Waals surface area contributed by atoms with E-state index in [-0.39, 0.29) is 6.23 Å². The third-order valence-corrected chi connectivity index (χ3v) is 2.51. The Kier molecular flexibility index (Phi) is 3.13. The van der Waals surface area contributed by atoms with Crippen molar-refractivity contribution in [3.63, 3.8) is 0 Å². The van der Waals surface area contributed by atoms with Gasteiger partial charge in [-0.25, -0.2) is 15.6 Å². The molecule has 0 bridgehead atoms. The van der Waals surface area contributed by atoms with E-state index in [4.69, 9.17) is 22.0 Å². The van der Waals surface area contributed by atoms with Gasteiger partial charge in [0, 0.05) is 5.69 Å². The lowest BCUT2D eigenvalue weighted by molar-refractivity contribution is 0.193. The maximum absolute atomic E-state index is 10.8. The Morgan fingerprint density at radius 3 is 3.00 bits per heavy atom. The highest BCUT2D eigenvalue weighted by molar-refractivity contribution is 5.72. The fraction of sp³-hybridized carbons (Fsp3) is 0.300. The average Bonchev–Trinajstić information content (AvgIpc) is 2.67. The highest BCUT2D eigenvalue weighted by Gasteiger charge is 2.19. The molecule has 1 aliphatic heterocycles. The van der Waals surface area contributed by atoms with Gasteiger partial charge in [-0.1, -0.05) is 0 Å². The third-order valence-electron chi connectivity index (χ3n) is 2.51. The van der Waals surface area contributed by atoms with E-state index in [1.54, 1.807) is 12.1 Å². The van der Waals surface area contributed by atoms with Crippen LogP contribution >= 0.6 is 0 Å². The summed E-state index contributed by atoms with van der Waals surface area (Å²) < 4.78 is 5.47. The Morgan fingerprint density at radius 2 is 2.33 bits per heavy atom. The fourth-order valence-electron chi connectivity index (χ4n) is 1.65. The molecule has 0 spiro atoms. The molecule has 8 heteroatoms. The predicted molar refractivity (Wildman–Crippen MR) is 67.4 cm³/mol. The van der Waals surface area contributed by atoms with E-state index in [0.717, 1.165) is 11.4 Å². The average molecular weight is 252 g/mol. The zero-order chi connectivity index (χ0) is 13.3. The largest absolute Gasteiger partial charge is 0.469 e. The van der Waals surface area contributed by atoms with Gasteiger partial charge in [0.15, 0.2) is 12.5 Å². The van der Waals surface area contributed by atoms with Gasteiger partial charge < -0.3 is 21.1 Å². The van der Waals surface area contributed by atoms with E-state index < -0.39 is 12.3 Å². The molecular formula is C10H16N6O2. The van der Waals surface area contributed by atoms with Crippen molar-refractivity contribution in [1.82, 2.24) is 5.01 Å². The number of carbonyl (C=O) groups is 1. The van der Waals surface area contributed by atoms with Crippen LogP contribution in [0.2, 0.25) is 0 Å². The Hall–Kier alpha value is -2.19. The van der Waals surface area contributed by atoms with Gasteiger partial charge in [0.2, 0.25) is 0 Å². The van der Waals surface area contributed by atoms with E-state index in [9.17, 15) is 4.79 Å². The summed E-state index contributed by atoms with van der Waals surface area (Å²) in [5.41, 5.74) is 12.2. The van der Waals surface area contributed by atoms with Crippen molar-refractivity contribution in [2.24, 2.45) is 17.3 Å². The van der Waals surface area contributed by atoms with Gasteiger partial charge in [-0.05, 0) is 25.1 Å². The second kappa shape index (κ2) is 4.59. The summed E-state index contributed by atoms with van der Waals surface area (Å²) >= 11 is 0. The first kappa shape index (κ1) is 12.3. The molecule has 2 rings (SSSR count). The maximum atomic E-state index is 10.8. The zero-order valence-electron chi connectivity index (χ0n) is 9.88. The number of carbonyl (C=O) groups excluding carboxylic acids is 1. The van der Waals surface area contributed by atoms with E-state index in [1.807, 2.05) is 13.0 Å². The van der Waals surface area contributed by atoms with Gasteiger partial charge in [0.1, 0.15) is 5.75 Å². The number of ether oxygens (including phenoxy) is 1. The lowest BCUT2D eigenvalue weighted by Gasteiger charge is -2.23. The molecule has 0 fully saturated rings. The number of amides is 2. The fourth-order valence-corrected chi connectivity index (χ4v) is 1.65. The first-order chi connectivity index (χ1) is 8.47. The van der Waals surface area contributed by atoms with Gasteiger partial charge >= 0.3 is 6.03 Å². The number of nitrogens with zero attached hydrogens (tertiary/aromatic N) is 1. The zero-order valence-corrected chi connectivity index (χ0v) is 9.88. The lowest BCUT2D eigenvalue weighted by atomic mass is 10.2. The SMILES string of the molecule is CC1Nc2cc(NC(N)N(N)C(N)=O)ccc2O1. The summed E-state index contributed by atoms with van der Waals surface area (Å²) in [7, 11) is 0. The van der Waals surface area contributed by atoms with Crippen LogP contribution < -0.4 is 32.7 Å². The van der Waals surface area contributed by atoms with Crippen LogP contribution in [0.3, 0.4) is 0 Å². The summed E-state index contributed by atoms with van der Waals surface area (Å²) in [4.78, 5) is 10.8. The van der Waals surface area contributed by atoms with Crippen molar-refractivity contribution < 1.29 is 9.53 Å². The van der Waals surface area contributed by atoms with E-state index in [0.29, 0.717) is 10.7 Å². The van der Waals surface area contributed by atoms with Crippen LogP contribution in [0.15, 0.2) is 18.2 Å². The van der Waals surface area contributed by atoms with Gasteiger partial charge in [-0.15, -0.1) is 0 Å². The minimum absolute atomic E-state index is 0.0689. The Balaban J connectivity index is 2.07. The van der Waals surface area contributed by atoms with Gasteiger partial charge in [0.05, 0.1) is 5.69 Å². The topological polar surface area (TPSA) is 132 Å². The van der Waals surface area contributed by atoms with Crippen LogP contribution in [0.1, 0.15) is 6.92 Å². The molecule has 2 atom stereocenters. The molecule has 0 saturated carbocycles. The first-order valence-corrected chi connectivity index (χ1v) is 5.40. The van der Waals surface area contributed by atoms with Crippen LogP contribution in [0.25, 0.3) is 0 Å². The van der Waals surface area contributed by atoms with Gasteiger partial charge in [0.25, 0.3) is 0 Å². The molecule has 1 aromatic carbocycles. The molecule has 1 heterocycles. The molecule has 2 unspecified atom stereocenters. The molecule has 1 aliphatic rings. The lowest BCUT2D eigenvalue weighted by Crippen LogP contribution is -2.56. The second-order valence-corrected chi connectivity index (χ2v) is 3.95. The van der Waals surface area contributed by atoms with Gasteiger partial charge in [-0.3, -0.25) is 5.73 Å². The number of nitrogens with one attached hydrogen (secondary N) is 2. The maximum Gasteiger partial charge on any atom is 0.331 e. The monoisotopic (exact) mass is 252 g/mol. The van der Waals surface area contributed by atoms with Crippen LogP contribution in [0.5, 0.6) is 5.75 Å². The molecule has 98 valence electrons. The number of hydrazine groups is 1.